The number of rotatable bonds is 2. The van der Waals surface area contributed by atoms with Gasteiger partial charge in [0.1, 0.15) is 11.6 Å². The molecule has 0 aliphatic heterocycles. The smallest absolute Gasteiger partial charge is 0.328 e. The molecule has 0 saturated carbocycles. The molecular weight excluding hydrogens is 278 g/mol. The Morgan fingerprint density at radius 3 is 2.75 bits per heavy atom. The van der Waals surface area contributed by atoms with Gasteiger partial charge in [-0.15, -0.1) is 11.3 Å². The van der Waals surface area contributed by atoms with Crippen molar-refractivity contribution in [3.8, 4) is 0 Å². The number of urea groups is 1. The molecule has 0 radical (unpaired) electrons. The second-order valence-corrected chi connectivity index (χ2v) is 5.21. The molecule has 3 heterocycles. The minimum absolute atomic E-state index is 0.182. The van der Waals surface area contributed by atoms with E-state index in [1.807, 2.05) is 29.8 Å². The third-order valence-electron chi connectivity index (χ3n) is 2.92. The van der Waals surface area contributed by atoms with Crippen LogP contribution < -0.4 is 10.6 Å². The summed E-state index contributed by atoms with van der Waals surface area (Å²) >= 11 is 1.51. The average molecular weight is 291 g/mol. The lowest BCUT2D eigenvalue weighted by molar-refractivity contribution is 0.261. The van der Waals surface area contributed by atoms with E-state index in [1.165, 1.54) is 11.3 Å². The molecular formula is C12H13N5O2S. The number of fused-ring (bicyclic) bond motifs is 1. The highest BCUT2D eigenvalue weighted by Crippen LogP contribution is 2.21. The molecule has 0 atom stereocenters. The van der Waals surface area contributed by atoms with E-state index in [0.29, 0.717) is 11.6 Å². The average Bonchev–Trinajstić information content (AvgIpc) is 3.00. The van der Waals surface area contributed by atoms with Gasteiger partial charge in [0.15, 0.2) is 4.96 Å². The maximum absolute atomic E-state index is 12.0. The Morgan fingerprint density at radius 2 is 2.05 bits per heavy atom. The number of thiazole rings is 1. The van der Waals surface area contributed by atoms with Gasteiger partial charge in [-0.3, -0.25) is 15.0 Å². The number of oxazole rings is 1. The molecule has 3 aromatic rings. The fourth-order valence-electron chi connectivity index (χ4n) is 1.81. The topological polar surface area (TPSA) is 84.5 Å². The fraction of sp³-hybridized carbons (Fsp3) is 0.250. The van der Waals surface area contributed by atoms with Crippen LogP contribution in [0.1, 0.15) is 17.1 Å². The third kappa shape index (κ3) is 2.14. The van der Waals surface area contributed by atoms with Crippen molar-refractivity contribution in [2.75, 3.05) is 10.6 Å². The lowest BCUT2D eigenvalue weighted by atomic mass is 10.4. The summed E-state index contributed by atoms with van der Waals surface area (Å²) in [4.78, 5) is 21.2. The number of amides is 2. The fourth-order valence-corrected chi connectivity index (χ4v) is 2.57. The van der Waals surface area contributed by atoms with Crippen molar-refractivity contribution >= 4 is 34.2 Å². The molecule has 3 aromatic heterocycles. The van der Waals surface area contributed by atoms with Crippen molar-refractivity contribution < 1.29 is 9.21 Å². The van der Waals surface area contributed by atoms with Crippen LogP contribution in [0.25, 0.3) is 4.96 Å². The van der Waals surface area contributed by atoms with E-state index in [4.69, 9.17) is 4.42 Å². The van der Waals surface area contributed by atoms with Crippen molar-refractivity contribution in [1.82, 2.24) is 14.4 Å². The molecule has 0 spiro atoms. The Labute approximate surface area is 118 Å². The quantitative estimate of drug-likeness (QED) is 0.760. The van der Waals surface area contributed by atoms with Crippen molar-refractivity contribution in [2.24, 2.45) is 0 Å². The van der Waals surface area contributed by atoms with Crippen LogP contribution in [0.3, 0.4) is 0 Å². The summed E-state index contributed by atoms with van der Waals surface area (Å²) in [6.45, 7) is 5.45. The first-order chi connectivity index (χ1) is 9.54. The number of aromatic nitrogens is 3. The van der Waals surface area contributed by atoms with Gasteiger partial charge in [0, 0.05) is 11.6 Å². The molecule has 0 aromatic carbocycles. The van der Waals surface area contributed by atoms with Gasteiger partial charge in [0.2, 0.25) is 0 Å². The van der Waals surface area contributed by atoms with Gasteiger partial charge in [-0.25, -0.2) is 9.78 Å². The monoisotopic (exact) mass is 291 g/mol. The largest absolute Gasteiger partial charge is 0.428 e. The summed E-state index contributed by atoms with van der Waals surface area (Å²) in [5, 5.41) is 7.22. The van der Waals surface area contributed by atoms with Crippen LogP contribution in [-0.4, -0.2) is 20.4 Å². The number of carbonyl (C=O) groups excluding carboxylic acids is 1. The van der Waals surface area contributed by atoms with Gasteiger partial charge in [0.05, 0.1) is 11.4 Å². The Kier molecular flexibility index (Phi) is 2.94. The Balaban J connectivity index is 1.78. The van der Waals surface area contributed by atoms with E-state index in [1.54, 1.807) is 6.92 Å². The van der Waals surface area contributed by atoms with E-state index in [0.717, 1.165) is 16.3 Å². The summed E-state index contributed by atoms with van der Waals surface area (Å²) in [7, 11) is 0. The Bertz CT molecular complexity index is 766. The zero-order chi connectivity index (χ0) is 14.3. The summed E-state index contributed by atoms with van der Waals surface area (Å²) in [6, 6.07) is -0.233. The number of aryl methyl sites for hydroxylation is 3. The summed E-state index contributed by atoms with van der Waals surface area (Å²) in [5.74, 6) is 1.32. The second kappa shape index (κ2) is 4.64. The van der Waals surface area contributed by atoms with Crippen LogP contribution in [0.2, 0.25) is 0 Å². The van der Waals surface area contributed by atoms with Crippen molar-refractivity contribution in [2.45, 2.75) is 20.8 Å². The zero-order valence-electron chi connectivity index (χ0n) is 11.2. The second-order valence-electron chi connectivity index (χ2n) is 4.34. The van der Waals surface area contributed by atoms with E-state index in [2.05, 4.69) is 20.6 Å². The van der Waals surface area contributed by atoms with Gasteiger partial charge in [-0.1, -0.05) is 0 Å². The van der Waals surface area contributed by atoms with Gasteiger partial charge >= 0.3 is 12.0 Å². The lowest BCUT2D eigenvalue weighted by Crippen LogP contribution is -2.21. The molecule has 7 nitrogen and oxygen atoms in total. The van der Waals surface area contributed by atoms with Gasteiger partial charge < -0.3 is 4.42 Å². The molecule has 0 unspecified atom stereocenters. The van der Waals surface area contributed by atoms with E-state index in [-0.39, 0.29) is 6.01 Å². The predicted octanol–water partition coefficient (Wildman–Crippen LogP) is 2.95. The van der Waals surface area contributed by atoms with Crippen LogP contribution >= 0.6 is 11.3 Å². The lowest BCUT2D eigenvalue weighted by Gasteiger charge is -2.04. The minimum atomic E-state index is -0.414. The standard InChI is InChI=1S/C12H13N5O2S/c1-6-8(3)19-11(13-6)16-10(18)15-9-7(2)14-12-17(9)4-5-20-12/h4-5H,1-3H3,(H2,13,15,16,18). The summed E-state index contributed by atoms with van der Waals surface area (Å²) in [5.41, 5.74) is 1.51. The SMILES string of the molecule is Cc1nc(NC(=O)Nc2c(C)nc3sccn23)oc1C. The highest BCUT2D eigenvalue weighted by atomic mass is 32.1. The summed E-state index contributed by atoms with van der Waals surface area (Å²) < 4.78 is 7.13. The van der Waals surface area contributed by atoms with Gasteiger partial charge in [0.25, 0.3) is 0 Å². The third-order valence-corrected chi connectivity index (χ3v) is 3.67. The summed E-state index contributed by atoms with van der Waals surface area (Å²) in [6.07, 6.45) is 1.86. The predicted molar refractivity (Wildman–Crippen MR) is 76.4 cm³/mol. The molecule has 3 rings (SSSR count). The highest BCUT2D eigenvalue weighted by Gasteiger charge is 2.14. The normalized spacial score (nSPS) is 10.9. The van der Waals surface area contributed by atoms with Crippen LogP contribution in [0.15, 0.2) is 16.0 Å². The molecule has 0 saturated heterocycles. The molecule has 104 valence electrons. The van der Waals surface area contributed by atoms with Crippen LogP contribution in [0.5, 0.6) is 0 Å². The minimum Gasteiger partial charge on any atom is -0.428 e. The Hall–Kier alpha value is -2.35. The van der Waals surface area contributed by atoms with Crippen molar-refractivity contribution in [1.29, 1.82) is 0 Å². The first-order valence-corrected chi connectivity index (χ1v) is 6.87. The number of anilines is 2. The van der Waals surface area contributed by atoms with Gasteiger partial charge in [-0.05, 0) is 20.8 Å². The van der Waals surface area contributed by atoms with Gasteiger partial charge in [-0.2, -0.15) is 4.98 Å². The van der Waals surface area contributed by atoms with Crippen molar-refractivity contribution in [3.63, 3.8) is 0 Å². The highest BCUT2D eigenvalue weighted by molar-refractivity contribution is 7.15. The number of hydrogen-bond donors (Lipinski definition) is 2. The van der Waals surface area contributed by atoms with Crippen LogP contribution in [0, 0.1) is 20.8 Å². The van der Waals surface area contributed by atoms with Crippen LogP contribution in [0.4, 0.5) is 16.6 Å². The molecule has 0 fully saturated rings. The maximum Gasteiger partial charge on any atom is 0.328 e. The van der Waals surface area contributed by atoms with Crippen LogP contribution in [-0.2, 0) is 0 Å². The Morgan fingerprint density at radius 1 is 1.25 bits per heavy atom. The molecule has 20 heavy (non-hydrogen) atoms. The maximum atomic E-state index is 12.0. The number of hydrogen-bond acceptors (Lipinski definition) is 5. The first kappa shape index (κ1) is 12.7. The van der Waals surface area contributed by atoms with Crippen molar-refractivity contribution in [3.05, 3.63) is 28.7 Å². The number of carbonyl (C=O) groups is 1. The van der Waals surface area contributed by atoms with E-state index < -0.39 is 6.03 Å². The zero-order valence-corrected chi connectivity index (χ0v) is 12.0. The van der Waals surface area contributed by atoms with E-state index in [9.17, 15) is 4.79 Å². The first-order valence-electron chi connectivity index (χ1n) is 5.99. The molecule has 8 heteroatoms. The molecule has 0 aliphatic rings. The number of nitrogens with zero attached hydrogens (tertiary/aromatic N) is 3. The molecule has 0 aliphatic carbocycles. The molecule has 2 amide bonds. The molecule has 0 bridgehead atoms. The number of nitrogens with one attached hydrogen (secondary N) is 2. The van der Waals surface area contributed by atoms with E-state index >= 15 is 0 Å². The number of imidazole rings is 1. The molecule has 2 N–H and O–H groups in total.